The van der Waals surface area contributed by atoms with Gasteiger partial charge in [0.05, 0.1) is 13.2 Å². The molecule has 6 nitrogen and oxygen atoms in total. The molecular weight excluding hydrogens is 314 g/mol. The second-order valence-corrected chi connectivity index (χ2v) is 8.43. The Morgan fingerprint density at radius 1 is 1.16 bits per heavy atom. The predicted octanol–water partition coefficient (Wildman–Crippen LogP) is 1.71. The molecule has 2 saturated heterocycles. The van der Waals surface area contributed by atoms with Gasteiger partial charge in [0.25, 0.3) is 0 Å². The molecule has 1 N–H and O–H groups in total. The van der Waals surface area contributed by atoms with Crippen LogP contribution >= 0.6 is 0 Å². The van der Waals surface area contributed by atoms with E-state index in [0.29, 0.717) is 6.04 Å². The number of likely N-dealkylation sites (tertiary alicyclic amines) is 1. The smallest absolute Gasteiger partial charge is 0.222 e. The Hall–Kier alpha value is -1.24. The summed E-state index contributed by atoms with van der Waals surface area (Å²) in [5.74, 6) is 2.38. The highest BCUT2D eigenvalue weighted by Gasteiger charge is 2.44. The Morgan fingerprint density at radius 3 is 2.56 bits per heavy atom. The molecule has 0 spiro atoms. The van der Waals surface area contributed by atoms with Gasteiger partial charge in [-0.15, -0.1) is 0 Å². The molecule has 1 aromatic heterocycles. The van der Waals surface area contributed by atoms with Crippen molar-refractivity contribution in [3.8, 4) is 0 Å². The summed E-state index contributed by atoms with van der Waals surface area (Å²) in [6.07, 6.45) is 6.41. The number of nitrogens with one attached hydrogen (secondary N) is 1. The minimum Gasteiger partial charge on any atom is -0.379 e. The van der Waals surface area contributed by atoms with E-state index in [0.717, 1.165) is 57.2 Å². The van der Waals surface area contributed by atoms with Crippen molar-refractivity contribution in [2.24, 2.45) is 11.8 Å². The Bertz CT molecular complexity index is 556. The molecule has 4 rings (SSSR count). The van der Waals surface area contributed by atoms with Crippen LogP contribution in [-0.4, -0.2) is 77.3 Å². The van der Waals surface area contributed by atoms with Gasteiger partial charge in [0.1, 0.15) is 0 Å². The van der Waals surface area contributed by atoms with Crippen molar-refractivity contribution in [2.75, 3.05) is 51.3 Å². The van der Waals surface area contributed by atoms with Crippen LogP contribution in [0.4, 0.5) is 5.95 Å². The van der Waals surface area contributed by atoms with Crippen molar-refractivity contribution >= 4 is 5.95 Å². The minimum atomic E-state index is 0.190. The summed E-state index contributed by atoms with van der Waals surface area (Å²) in [6, 6.07) is 2.34. The summed E-state index contributed by atoms with van der Waals surface area (Å²) in [7, 11) is 0. The first-order valence-electron chi connectivity index (χ1n) is 9.70. The van der Waals surface area contributed by atoms with Gasteiger partial charge in [-0.25, -0.2) is 9.97 Å². The van der Waals surface area contributed by atoms with E-state index in [-0.39, 0.29) is 5.54 Å². The number of morpholine rings is 1. The molecule has 0 unspecified atom stereocenters. The van der Waals surface area contributed by atoms with Crippen molar-refractivity contribution in [3.63, 3.8) is 0 Å². The third kappa shape index (κ3) is 4.13. The van der Waals surface area contributed by atoms with Gasteiger partial charge in [-0.2, -0.15) is 0 Å². The number of ether oxygens (including phenoxy) is 1. The fourth-order valence-electron chi connectivity index (χ4n) is 4.55. The van der Waals surface area contributed by atoms with Crippen LogP contribution in [0.15, 0.2) is 18.5 Å². The van der Waals surface area contributed by atoms with Crippen molar-refractivity contribution in [2.45, 2.75) is 38.3 Å². The highest BCUT2D eigenvalue weighted by molar-refractivity contribution is 5.26. The molecule has 0 bridgehead atoms. The maximum absolute atomic E-state index is 5.53. The van der Waals surface area contributed by atoms with Gasteiger partial charge in [0, 0.05) is 56.7 Å². The van der Waals surface area contributed by atoms with Crippen LogP contribution < -0.4 is 5.32 Å². The van der Waals surface area contributed by atoms with Crippen LogP contribution in [0.5, 0.6) is 0 Å². The van der Waals surface area contributed by atoms with Gasteiger partial charge in [-0.05, 0) is 44.6 Å². The summed E-state index contributed by atoms with van der Waals surface area (Å²) in [5, 5.41) is 3.61. The lowest BCUT2D eigenvalue weighted by Gasteiger charge is -2.43. The first-order chi connectivity index (χ1) is 12.1. The molecule has 1 aromatic rings. The molecule has 0 radical (unpaired) electrons. The molecular formula is C19H31N5O. The first-order valence-corrected chi connectivity index (χ1v) is 9.70. The second-order valence-electron chi connectivity index (χ2n) is 8.43. The third-order valence-corrected chi connectivity index (χ3v) is 6.03. The van der Waals surface area contributed by atoms with Crippen molar-refractivity contribution in [1.29, 1.82) is 0 Å². The summed E-state index contributed by atoms with van der Waals surface area (Å²) >= 11 is 0. The van der Waals surface area contributed by atoms with Crippen LogP contribution in [0.25, 0.3) is 0 Å². The normalized spacial score (nSPS) is 29.0. The zero-order chi connectivity index (χ0) is 17.3. The molecule has 138 valence electrons. The van der Waals surface area contributed by atoms with E-state index >= 15 is 0 Å². The van der Waals surface area contributed by atoms with Gasteiger partial charge in [0.2, 0.25) is 5.95 Å². The van der Waals surface area contributed by atoms with E-state index < -0.39 is 0 Å². The van der Waals surface area contributed by atoms with E-state index in [4.69, 9.17) is 4.74 Å². The van der Waals surface area contributed by atoms with Gasteiger partial charge in [-0.3, -0.25) is 9.80 Å². The average molecular weight is 345 g/mol. The standard InChI is InChI=1S/C19H31N5O/c1-19(2,24-8-10-25-11-9-24)14-23-12-16(15-4-5-15)17(13-23)22-18-20-6-3-7-21-18/h3,6-7,15-17H,4-5,8-14H2,1-2H3,(H,20,21,22)/t16-,17+/m1/s1. The largest absolute Gasteiger partial charge is 0.379 e. The Morgan fingerprint density at radius 2 is 1.88 bits per heavy atom. The average Bonchev–Trinajstić information content (AvgIpc) is 3.39. The first kappa shape index (κ1) is 17.2. The molecule has 1 saturated carbocycles. The van der Waals surface area contributed by atoms with Crippen LogP contribution in [0, 0.1) is 11.8 Å². The maximum Gasteiger partial charge on any atom is 0.222 e. The summed E-state index contributed by atoms with van der Waals surface area (Å²) in [4.78, 5) is 14.0. The van der Waals surface area contributed by atoms with Crippen LogP contribution in [0.1, 0.15) is 26.7 Å². The predicted molar refractivity (Wildman–Crippen MR) is 98.6 cm³/mol. The zero-order valence-corrected chi connectivity index (χ0v) is 15.5. The molecule has 6 heteroatoms. The zero-order valence-electron chi connectivity index (χ0n) is 15.5. The SMILES string of the molecule is CC(C)(CN1C[C@H](Nc2ncccn2)[C@@H](C2CC2)C1)N1CCOCC1. The maximum atomic E-state index is 5.53. The molecule has 1 aliphatic carbocycles. The molecule has 3 heterocycles. The third-order valence-electron chi connectivity index (χ3n) is 6.03. The molecule has 0 aromatic carbocycles. The molecule has 3 aliphatic rings. The van der Waals surface area contributed by atoms with E-state index in [1.165, 1.54) is 19.4 Å². The number of rotatable bonds is 6. The number of hydrogen-bond donors (Lipinski definition) is 1. The van der Waals surface area contributed by atoms with Crippen LogP contribution in [0.3, 0.4) is 0 Å². The summed E-state index contributed by atoms with van der Waals surface area (Å²) < 4.78 is 5.53. The van der Waals surface area contributed by atoms with Crippen LogP contribution in [0.2, 0.25) is 0 Å². The lowest BCUT2D eigenvalue weighted by atomic mass is 9.98. The Kier molecular flexibility index (Phi) is 4.93. The molecule has 3 fully saturated rings. The van der Waals surface area contributed by atoms with E-state index in [9.17, 15) is 0 Å². The fraction of sp³-hybridized carbons (Fsp3) is 0.789. The number of anilines is 1. The van der Waals surface area contributed by atoms with Gasteiger partial charge in [0.15, 0.2) is 0 Å². The number of nitrogens with zero attached hydrogens (tertiary/aromatic N) is 4. The van der Waals surface area contributed by atoms with Crippen LogP contribution in [-0.2, 0) is 4.74 Å². The highest BCUT2D eigenvalue weighted by atomic mass is 16.5. The number of hydrogen-bond acceptors (Lipinski definition) is 6. The van der Waals surface area contributed by atoms with Gasteiger partial charge in [-0.1, -0.05) is 0 Å². The second kappa shape index (κ2) is 7.17. The molecule has 0 amide bonds. The molecule has 2 atom stereocenters. The van der Waals surface area contributed by atoms with Gasteiger partial charge >= 0.3 is 0 Å². The minimum absolute atomic E-state index is 0.190. The van der Waals surface area contributed by atoms with Crippen molar-refractivity contribution < 1.29 is 4.74 Å². The lowest BCUT2D eigenvalue weighted by Crippen LogP contribution is -2.55. The highest BCUT2D eigenvalue weighted by Crippen LogP contribution is 2.42. The topological polar surface area (TPSA) is 53.5 Å². The van der Waals surface area contributed by atoms with E-state index in [1.54, 1.807) is 0 Å². The number of aromatic nitrogens is 2. The monoisotopic (exact) mass is 345 g/mol. The fourth-order valence-corrected chi connectivity index (χ4v) is 4.55. The Balaban J connectivity index is 1.39. The molecule has 25 heavy (non-hydrogen) atoms. The van der Waals surface area contributed by atoms with E-state index in [1.807, 2.05) is 18.5 Å². The summed E-state index contributed by atoms with van der Waals surface area (Å²) in [6.45, 7) is 12.0. The lowest BCUT2D eigenvalue weighted by molar-refractivity contribution is -0.0199. The van der Waals surface area contributed by atoms with E-state index in [2.05, 4.69) is 38.9 Å². The molecule has 2 aliphatic heterocycles. The van der Waals surface area contributed by atoms with Crippen molar-refractivity contribution in [1.82, 2.24) is 19.8 Å². The van der Waals surface area contributed by atoms with Gasteiger partial charge < -0.3 is 10.1 Å². The Labute approximate surface area is 151 Å². The summed E-state index contributed by atoms with van der Waals surface area (Å²) in [5.41, 5.74) is 0.190. The van der Waals surface area contributed by atoms with Crippen molar-refractivity contribution in [3.05, 3.63) is 18.5 Å². The quantitative estimate of drug-likeness (QED) is 0.847.